The van der Waals surface area contributed by atoms with Crippen molar-refractivity contribution >= 4 is 22.6 Å². The standard InChI is InChI=1S/C17H14INO2/c1-12-5-4-6-13(9-12)16-10-14(21-19-16)11-20-17-8-3-2-7-15(17)18/h2-10H,11H2,1H3. The van der Waals surface area contributed by atoms with Crippen LogP contribution in [-0.2, 0) is 6.61 Å². The maximum Gasteiger partial charge on any atom is 0.174 e. The SMILES string of the molecule is Cc1cccc(-c2cc(COc3ccccc3I)on2)c1. The summed E-state index contributed by atoms with van der Waals surface area (Å²) in [6, 6.07) is 18.0. The molecule has 0 amide bonds. The Labute approximate surface area is 137 Å². The number of benzene rings is 2. The van der Waals surface area contributed by atoms with Crippen molar-refractivity contribution in [3.63, 3.8) is 0 Å². The second kappa shape index (κ2) is 6.30. The predicted molar refractivity (Wildman–Crippen MR) is 90.2 cm³/mol. The number of halogens is 1. The quantitative estimate of drug-likeness (QED) is 0.598. The van der Waals surface area contributed by atoms with Gasteiger partial charge in [-0.3, -0.25) is 0 Å². The number of nitrogens with zero attached hydrogens (tertiary/aromatic N) is 1. The maximum atomic E-state index is 5.75. The number of aryl methyl sites for hydroxylation is 1. The van der Waals surface area contributed by atoms with Crippen molar-refractivity contribution in [1.82, 2.24) is 5.16 Å². The lowest BCUT2D eigenvalue weighted by atomic mass is 10.1. The van der Waals surface area contributed by atoms with Gasteiger partial charge in [-0.05, 0) is 47.7 Å². The molecular weight excluding hydrogens is 377 g/mol. The second-order valence-corrected chi connectivity index (χ2v) is 5.93. The first-order valence-electron chi connectivity index (χ1n) is 6.62. The van der Waals surface area contributed by atoms with Crippen molar-refractivity contribution in [3.05, 3.63) is 69.5 Å². The zero-order valence-electron chi connectivity index (χ0n) is 11.5. The van der Waals surface area contributed by atoms with Crippen LogP contribution in [0, 0.1) is 10.5 Å². The third-order valence-corrected chi connectivity index (χ3v) is 3.97. The molecule has 0 spiro atoms. The third-order valence-electron chi connectivity index (χ3n) is 3.08. The Balaban J connectivity index is 1.72. The lowest BCUT2D eigenvalue weighted by Gasteiger charge is -2.04. The summed E-state index contributed by atoms with van der Waals surface area (Å²) in [4.78, 5) is 0. The van der Waals surface area contributed by atoms with E-state index in [9.17, 15) is 0 Å². The second-order valence-electron chi connectivity index (χ2n) is 4.77. The summed E-state index contributed by atoms with van der Waals surface area (Å²) >= 11 is 2.25. The monoisotopic (exact) mass is 391 g/mol. The molecule has 0 saturated heterocycles. The van der Waals surface area contributed by atoms with E-state index in [-0.39, 0.29) is 0 Å². The van der Waals surface area contributed by atoms with Gasteiger partial charge in [-0.2, -0.15) is 0 Å². The lowest BCUT2D eigenvalue weighted by Crippen LogP contribution is -1.95. The molecule has 0 bridgehead atoms. The van der Waals surface area contributed by atoms with Gasteiger partial charge in [0.2, 0.25) is 0 Å². The molecule has 2 aromatic carbocycles. The van der Waals surface area contributed by atoms with Crippen LogP contribution < -0.4 is 4.74 Å². The van der Waals surface area contributed by atoms with Crippen molar-refractivity contribution in [2.45, 2.75) is 13.5 Å². The van der Waals surface area contributed by atoms with Crippen LogP contribution in [0.15, 0.2) is 59.1 Å². The third kappa shape index (κ3) is 3.44. The molecular formula is C17H14INO2. The normalized spacial score (nSPS) is 10.6. The molecule has 0 unspecified atom stereocenters. The fourth-order valence-corrected chi connectivity index (χ4v) is 2.58. The summed E-state index contributed by atoms with van der Waals surface area (Å²) in [7, 11) is 0. The van der Waals surface area contributed by atoms with E-state index in [1.165, 1.54) is 5.56 Å². The van der Waals surface area contributed by atoms with E-state index >= 15 is 0 Å². The largest absolute Gasteiger partial charge is 0.484 e. The molecule has 0 saturated carbocycles. The average molecular weight is 391 g/mol. The number of rotatable bonds is 4. The summed E-state index contributed by atoms with van der Waals surface area (Å²) in [6.07, 6.45) is 0. The predicted octanol–water partition coefficient (Wildman–Crippen LogP) is 4.83. The number of para-hydroxylation sites is 1. The van der Waals surface area contributed by atoms with Gasteiger partial charge in [-0.25, -0.2) is 0 Å². The van der Waals surface area contributed by atoms with Gasteiger partial charge in [0.25, 0.3) is 0 Å². The van der Waals surface area contributed by atoms with Crippen LogP contribution in [0.25, 0.3) is 11.3 Å². The molecule has 1 heterocycles. The highest BCUT2D eigenvalue weighted by molar-refractivity contribution is 14.1. The molecule has 3 aromatic rings. The van der Waals surface area contributed by atoms with Crippen LogP contribution in [0.3, 0.4) is 0 Å². The minimum atomic E-state index is 0.374. The minimum Gasteiger partial charge on any atom is -0.484 e. The topological polar surface area (TPSA) is 35.3 Å². The van der Waals surface area contributed by atoms with E-state index in [2.05, 4.69) is 46.8 Å². The van der Waals surface area contributed by atoms with E-state index in [0.717, 1.165) is 20.6 Å². The van der Waals surface area contributed by atoms with Crippen molar-refractivity contribution in [2.24, 2.45) is 0 Å². The zero-order valence-corrected chi connectivity index (χ0v) is 13.7. The number of ether oxygens (including phenoxy) is 1. The van der Waals surface area contributed by atoms with E-state index in [4.69, 9.17) is 9.26 Å². The van der Waals surface area contributed by atoms with Crippen molar-refractivity contribution in [3.8, 4) is 17.0 Å². The van der Waals surface area contributed by atoms with Crippen LogP contribution in [0.1, 0.15) is 11.3 Å². The van der Waals surface area contributed by atoms with Gasteiger partial charge in [0.15, 0.2) is 5.76 Å². The summed E-state index contributed by atoms with van der Waals surface area (Å²) < 4.78 is 12.2. The van der Waals surface area contributed by atoms with Crippen LogP contribution >= 0.6 is 22.6 Å². The lowest BCUT2D eigenvalue weighted by molar-refractivity contribution is 0.248. The number of aromatic nitrogens is 1. The van der Waals surface area contributed by atoms with Crippen LogP contribution in [0.5, 0.6) is 5.75 Å². The van der Waals surface area contributed by atoms with Gasteiger partial charge in [0.1, 0.15) is 18.1 Å². The molecule has 0 radical (unpaired) electrons. The summed E-state index contributed by atoms with van der Waals surface area (Å²) in [5, 5.41) is 4.11. The smallest absolute Gasteiger partial charge is 0.174 e. The van der Waals surface area contributed by atoms with Gasteiger partial charge in [0, 0.05) is 11.6 Å². The molecule has 3 nitrogen and oxygen atoms in total. The molecule has 0 aliphatic heterocycles. The first-order chi connectivity index (χ1) is 10.2. The molecule has 0 aliphatic carbocycles. The Morgan fingerprint density at radius 1 is 1.10 bits per heavy atom. The van der Waals surface area contributed by atoms with Crippen LogP contribution in [0.2, 0.25) is 0 Å². The van der Waals surface area contributed by atoms with E-state index in [1.807, 2.05) is 42.5 Å². The fourth-order valence-electron chi connectivity index (χ4n) is 2.03. The molecule has 0 aliphatic rings. The Morgan fingerprint density at radius 3 is 2.76 bits per heavy atom. The van der Waals surface area contributed by atoms with Crippen molar-refractivity contribution in [2.75, 3.05) is 0 Å². The zero-order chi connectivity index (χ0) is 14.7. The van der Waals surface area contributed by atoms with Crippen molar-refractivity contribution < 1.29 is 9.26 Å². The Bertz CT molecular complexity index is 752. The number of hydrogen-bond donors (Lipinski definition) is 0. The Morgan fingerprint density at radius 2 is 1.95 bits per heavy atom. The highest BCUT2D eigenvalue weighted by atomic mass is 127. The summed E-state index contributed by atoms with van der Waals surface area (Å²) in [6.45, 7) is 2.43. The average Bonchev–Trinajstić information content (AvgIpc) is 2.95. The molecule has 106 valence electrons. The van der Waals surface area contributed by atoms with Crippen LogP contribution in [0.4, 0.5) is 0 Å². The van der Waals surface area contributed by atoms with Gasteiger partial charge in [-0.15, -0.1) is 0 Å². The molecule has 4 heteroatoms. The molecule has 0 atom stereocenters. The van der Waals surface area contributed by atoms with Crippen LogP contribution in [-0.4, -0.2) is 5.16 Å². The summed E-state index contributed by atoms with van der Waals surface area (Å²) in [5.74, 6) is 1.57. The molecule has 3 rings (SSSR count). The fraction of sp³-hybridized carbons (Fsp3) is 0.118. The van der Waals surface area contributed by atoms with E-state index in [0.29, 0.717) is 12.4 Å². The Kier molecular flexibility index (Phi) is 4.24. The molecule has 1 aromatic heterocycles. The highest BCUT2D eigenvalue weighted by Gasteiger charge is 2.08. The first-order valence-corrected chi connectivity index (χ1v) is 7.70. The molecule has 0 fully saturated rings. The van der Waals surface area contributed by atoms with Gasteiger partial charge >= 0.3 is 0 Å². The van der Waals surface area contributed by atoms with E-state index in [1.54, 1.807) is 0 Å². The maximum absolute atomic E-state index is 5.75. The van der Waals surface area contributed by atoms with Crippen molar-refractivity contribution in [1.29, 1.82) is 0 Å². The minimum absolute atomic E-state index is 0.374. The summed E-state index contributed by atoms with van der Waals surface area (Å²) in [5.41, 5.74) is 3.09. The first kappa shape index (κ1) is 14.1. The van der Waals surface area contributed by atoms with Gasteiger partial charge < -0.3 is 9.26 Å². The number of hydrogen-bond acceptors (Lipinski definition) is 3. The molecule has 21 heavy (non-hydrogen) atoms. The van der Waals surface area contributed by atoms with Gasteiger partial charge in [0.05, 0.1) is 3.57 Å². The highest BCUT2D eigenvalue weighted by Crippen LogP contribution is 2.23. The van der Waals surface area contributed by atoms with Gasteiger partial charge in [-0.1, -0.05) is 41.1 Å². The Hall–Kier alpha value is -1.82. The van der Waals surface area contributed by atoms with E-state index < -0.39 is 0 Å². The molecule has 0 N–H and O–H groups in total.